The van der Waals surface area contributed by atoms with Crippen molar-refractivity contribution in [2.45, 2.75) is 64.5 Å². The van der Waals surface area contributed by atoms with E-state index in [0.717, 1.165) is 11.5 Å². The highest BCUT2D eigenvalue weighted by atomic mass is 14.9. The first kappa shape index (κ1) is 15.1. The molecule has 0 aliphatic heterocycles. The number of rotatable bonds is 5. The van der Waals surface area contributed by atoms with E-state index in [1.54, 1.807) is 0 Å². The molecule has 1 aliphatic carbocycles. The SMILES string of the molecule is CCCC1CCC(NC(C)c2cccc(C#N)c2)CC1. The molecule has 1 aromatic rings. The Kier molecular flexibility index (Phi) is 5.61. The molecule has 1 atom stereocenters. The highest BCUT2D eigenvalue weighted by Gasteiger charge is 2.21. The van der Waals surface area contributed by atoms with E-state index in [1.807, 2.05) is 18.2 Å². The molecular weight excluding hydrogens is 244 g/mol. The van der Waals surface area contributed by atoms with E-state index >= 15 is 0 Å². The van der Waals surface area contributed by atoms with Gasteiger partial charge in [-0.1, -0.05) is 31.9 Å². The second kappa shape index (κ2) is 7.45. The largest absolute Gasteiger partial charge is 0.307 e. The van der Waals surface area contributed by atoms with Crippen molar-refractivity contribution in [3.8, 4) is 6.07 Å². The molecule has 0 radical (unpaired) electrons. The number of hydrogen-bond donors (Lipinski definition) is 1. The third-order valence-corrected chi connectivity index (χ3v) is 4.55. The smallest absolute Gasteiger partial charge is 0.0991 e. The Labute approximate surface area is 123 Å². The highest BCUT2D eigenvalue weighted by Crippen LogP contribution is 2.29. The van der Waals surface area contributed by atoms with E-state index in [2.05, 4.69) is 31.3 Å². The van der Waals surface area contributed by atoms with Gasteiger partial charge in [-0.25, -0.2) is 0 Å². The average Bonchev–Trinajstić information content (AvgIpc) is 2.49. The monoisotopic (exact) mass is 270 g/mol. The van der Waals surface area contributed by atoms with Crippen LogP contribution in [0.25, 0.3) is 0 Å². The third kappa shape index (κ3) is 4.08. The van der Waals surface area contributed by atoms with Crippen molar-refractivity contribution in [3.05, 3.63) is 35.4 Å². The van der Waals surface area contributed by atoms with Crippen molar-refractivity contribution in [3.63, 3.8) is 0 Å². The Bertz CT molecular complexity index is 453. The summed E-state index contributed by atoms with van der Waals surface area (Å²) in [4.78, 5) is 0. The molecule has 1 aliphatic rings. The van der Waals surface area contributed by atoms with Crippen molar-refractivity contribution in [2.75, 3.05) is 0 Å². The minimum Gasteiger partial charge on any atom is -0.307 e. The van der Waals surface area contributed by atoms with E-state index in [4.69, 9.17) is 5.26 Å². The maximum atomic E-state index is 8.97. The van der Waals surface area contributed by atoms with Gasteiger partial charge in [0.1, 0.15) is 0 Å². The van der Waals surface area contributed by atoms with Crippen LogP contribution >= 0.6 is 0 Å². The molecule has 0 bridgehead atoms. The van der Waals surface area contributed by atoms with Crippen LogP contribution in [0.1, 0.15) is 69.5 Å². The van der Waals surface area contributed by atoms with Crippen LogP contribution < -0.4 is 5.32 Å². The minimum atomic E-state index is 0.330. The molecule has 1 fully saturated rings. The first-order chi connectivity index (χ1) is 9.72. The molecule has 0 spiro atoms. The lowest BCUT2D eigenvalue weighted by molar-refractivity contribution is 0.266. The van der Waals surface area contributed by atoms with E-state index in [1.165, 1.54) is 44.1 Å². The van der Waals surface area contributed by atoms with Crippen LogP contribution in [0.15, 0.2) is 24.3 Å². The lowest BCUT2D eigenvalue weighted by Crippen LogP contribution is -2.35. The van der Waals surface area contributed by atoms with Gasteiger partial charge in [0.05, 0.1) is 11.6 Å². The van der Waals surface area contributed by atoms with Gasteiger partial charge < -0.3 is 5.32 Å². The fourth-order valence-electron chi connectivity index (χ4n) is 3.35. The van der Waals surface area contributed by atoms with Crippen LogP contribution in [0.4, 0.5) is 0 Å². The van der Waals surface area contributed by atoms with Crippen molar-refractivity contribution in [1.82, 2.24) is 5.32 Å². The third-order valence-electron chi connectivity index (χ3n) is 4.55. The molecule has 1 unspecified atom stereocenters. The molecule has 108 valence electrons. The van der Waals surface area contributed by atoms with Crippen molar-refractivity contribution in [2.24, 2.45) is 5.92 Å². The molecule has 2 nitrogen and oxygen atoms in total. The van der Waals surface area contributed by atoms with Gasteiger partial charge >= 0.3 is 0 Å². The Morgan fingerprint density at radius 2 is 2.05 bits per heavy atom. The molecular formula is C18H26N2. The summed E-state index contributed by atoms with van der Waals surface area (Å²) >= 11 is 0. The highest BCUT2D eigenvalue weighted by molar-refractivity contribution is 5.34. The van der Waals surface area contributed by atoms with Gasteiger partial charge in [-0.3, -0.25) is 0 Å². The normalized spacial score (nSPS) is 24.1. The molecule has 1 N–H and O–H groups in total. The van der Waals surface area contributed by atoms with Gasteiger partial charge in [-0.15, -0.1) is 0 Å². The molecule has 1 saturated carbocycles. The number of nitrogens with one attached hydrogen (secondary N) is 1. The van der Waals surface area contributed by atoms with Crippen LogP contribution in [0, 0.1) is 17.2 Å². The summed E-state index contributed by atoms with van der Waals surface area (Å²) in [6.07, 6.45) is 8.05. The van der Waals surface area contributed by atoms with Gasteiger partial charge in [0, 0.05) is 12.1 Å². The molecule has 0 heterocycles. The van der Waals surface area contributed by atoms with Crippen LogP contribution in [0.5, 0.6) is 0 Å². The zero-order valence-corrected chi connectivity index (χ0v) is 12.7. The van der Waals surface area contributed by atoms with E-state index < -0.39 is 0 Å². The predicted octanol–water partition coefficient (Wildman–Crippen LogP) is 4.57. The van der Waals surface area contributed by atoms with Gasteiger partial charge in [0.2, 0.25) is 0 Å². The number of hydrogen-bond acceptors (Lipinski definition) is 2. The zero-order chi connectivity index (χ0) is 14.4. The molecule has 0 aromatic heterocycles. The Balaban J connectivity index is 1.86. The molecule has 0 amide bonds. The molecule has 1 aromatic carbocycles. The number of nitriles is 1. The molecule has 0 saturated heterocycles. The standard InChI is InChI=1S/C18H26N2/c1-3-5-15-8-10-18(11-9-15)20-14(2)17-7-4-6-16(12-17)13-19/h4,6-7,12,14-15,18,20H,3,5,8-11H2,1-2H3. The van der Waals surface area contributed by atoms with Crippen LogP contribution in [0.3, 0.4) is 0 Å². The Morgan fingerprint density at radius 3 is 2.70 bits per heavy atom. The second-order valence-electron chi connectivity index (χ2n) is 6.13. The maximum Gasteiger partial charge on any atom is 0.0991 e. The molecule has 20 heavy (non-hydrogen) atoms. The summed E-state index contributed by atoms with van der Waals surface area (Å²) in [7, 11) is 0. The van der Waals surface area contributed by atoms with E-state index in [9.17, 15) is 0 Å². The maximum absolute atomic E-state index is 8.97. The molecule has 2 rings (SSSR count). The van der Waals surface area contributed by atoms with Gasteiger partial charge in [0.25, 0.3) is 0 Å². The van der Waals surface area contributed by atoms with Gasteiger partial charge in [-0.2, -0.15) is 5.26 Å². The fourth-order valence-corrected chi connectivity index (χ4v) is 3.35. The molecule has 2 heteroatoms. The zero-order valence-electron chi connectivity index (χ0n) is 12.7. The quantitative estimate of drug-likeness (QED) is 0.851. The summed E-state index contributed by atoms with van der Waals surface area (Å²) in [6, 6.07) is 11.1. The van der Waals surface area contributed by atoms with Gasteiger partial charge in [-0.05, 0) is 56.2 Å². The summed E-state index contributed by atoms with van der Waals surface area (Å²) < 4.78 is 0. The van der Waals surface area contributed by atoms with Crippen LogP contribution in [-0.2, 0) is 0 Å². The summed E-state index contributed by atoms with van der Waals surface area (Å²) in [6.45, 7) is 4.49. The van der Waals surface area contributed by atoms with Gasteiger partial charge in [0.15, 0.2) is 0 Å². The average molecular weight is 270 g/mol. The topological polar surface area (TPSA) is 35.8 Å². The lowest BCUT2D eigenvalue weighted by atomic mass is 9.83. The predicted molar refractivity (Wildman–Crippen MR) is 83.4 cm³/mol. The summed E-state index contributed by atoms with van der Waals surface area (Å²) in [5, 5.41) is 12.7. The first-order valence-corrected chi connectivity index (χ1v) is 7.99. The van der Waals surface area contributed by atoms with E-state index in [0.29, 0.717) is 12.1 Å². The van der Waals surface area contributed by atoms with E-state index in [-0.39, 0.29) is 0 Å². The van der Waals surface area contributed by atoms with Crippen LogP contribution in [-0.4, -0.2) is 6.04 Å². The number of benzene rings is 1. The first-order valence-electron chi connectivity index (χ1n) is 7.99. The Morgan fingerprint density at radius 1 is 1.30 bits per heavy atom. The van der Waals surface area contributed by atoms with Crippen molar-refractivity contribution >= 4 is 0 Å². The summed E-state index contributed by atoms with van der Waals surface area (Å²) in [5.74, 6) is 0.954. The lowest BCUT2D eigenvalue weighted by Gasteiger charge is -2.31. The Hall–Kier alpha value is -1.33. The second-order valence-corrected chi connectivity index (χ2v) is 6.13. The summed E-state index contributed by atoms with van der Waals surface area (Å²) in [5.41, 5.74) is 1.97. The van der Waals surface area contributed by atoms with Crippen molar-refractivity contribution in [1.29, 1.82) is 5.26 Å². The van der Waals surface area contributed by atoms with Crippen molar-refractivity contribution < 1.29 is 0 Å². The minimum absolute atomic E-state index is 0.330. The fraction of sp³-hybridized carbons (Fsp3) is 0.611. The van der Waals surface area contributed by atoms with Crippen LogP contribution in [0.2, 0.25) is 0 Å². The number of nitrogens with zero attached hydrogens (tertiary/aromatic N) is 1.